The van der Waals surface area contributed by atoms with Gasteiger partial charge in [0.25, 0.3) is 0 Å². The van der Waals surface area contributed by atoms with Gasteiger partial charge in [0.15, 0.2) is 5.79 Å². The highest BCUT2D eigenvalue weighted by Gasteiger charge is 2.45. The molecule has 3 atom stereocenters. The number of carbonyl (C=O) groups is 1. The van der Waals surface area contributed by atoms with E-state index < -0.39 is 11.9 Å². The molecule has 1 unspecified atom stereocenters. The van der Waals surface area contributed by atoms with Crippen LogP contribution in [-0.2, 0) is 25.6 Å². The van der Waals surface area contributed by atoms with Gasteiger partial charge in [0.2, 0.25) is 0 Å². The summed E-state index contributed by atoms with van der Waals surface area (Å²) >= 11 is 0. The van der Waals surface area contributed by atoms with Crippen LogP contribution >= 0.6 is 0 Å². The second-order valence-electron chi connectivity index (χ2n) is 8.78. The molecule has 0 radical (unpaired) electrons. The third-order valence-electron chi connectivity index (χ3n) is 5.55. The van der Waals surface area contributed by atoms with Crippen LogP contribution in [0.25, 0.3) is 0 Å². The average Bonchev–Trinajstić information content (AvgIpc) is 3.15. The Morgan fingerprint density at radius 2 is 1.82 bits per heavy atom. The lowest BCUT2D eigenvalue weighted by atomic mass is 10.0. The number of rotatable bonds is 12. The van der Waals surface area contributed by atoms with Crippen molar-refractivity contribution in [3.63, 3.8) is 0 Å². The van der Waals surface area contributed by atoms with Gasteiger partial charge < -0.3 is 23.7 Å². The minimum absolute atomic E-state index is 0.149. The molecule has 184 valence electrons. The maximum atomic E-state index is 12.8. The Bertz CT molecular complexity index is 906. The minimum Gasteiger partial charge on any atom is -0.497 e. The van der Waals surface area contributed by atoms with Gasteiger partial charge in [-0.2, -0.15) is 0 Å². The number of esters is 1. The highest BCUT2D eigenvalue weighted by Crippen LogP contribution is 2.34. The molecule has 1 aliphatic rings. The van der Waals surface area contributed by atoms with Crippen molar-refractivity contribution in [2.24, 2.45) is 0 Å². The number of hydrogen-bond donors (Lipinski definition) is 0. The molecule has 2 aromatic carbocycles. The maximum Gasteiger partial charge on any atom is 0.338 e. The van der Waals surface area contributed by atoms with Crippen LogP contribution in [0.1, 0.15) is 56.0 Å². The van der Waals surface area contributed by atoms with Gasteiger partial charge in [0, 0.05) is 0 Å². The summed E-state index contributed by atoms with van der Waals surface area (Å²) in [5.74, 6) is -0.281. The summed E-state index contributed by atoms with van der Waals surface area (Å²) in [7, 11) is 1.65. The molecule has 0 aliphatic carbocycles. The largest absolute Gasteiger partial charge is 0.497 e. The Kier molecular flexibility index (Phi) is 9.69. The first kappa shape index (κ1) is 25.9. The predicted octanol–water partition coefficient (Wildman–Crippen LogP) is 5.70. The van der Waals surface area contributed by atoms with Crippen molar-refractivity contribution in [1.29, 1.82) is 0 Å². The van der Waals surface area contributed by atoms with Crippen LogP contribution in [0.15, 0.2) is 66.7 Å². The van der Waals surface area contributed by atoms with E-state index in [0.717, 1.165) is 24.2 Å². The van der Waals surface area contributed by atoms with Crippen molar-refractivity contribution in [2.75, 3.05) is 13.7 Å². The molecular weight excluding hydrogens is 432 g/mol. The van der Waals surface area contributed by atoms with Gasteiger partial charge in [-0.05, 0) is 62.6 Å². The first-order valence-electron chi connectivity index (χ1n) is 11.9. The van der Waals surface area contributed by atoms with E-state index in [1.165, 1.54) is 0 Å². The van der Waals surface area contributed by atoms with E-state index in [4.69, 9.17) is 23.7 Å². The fraction of sp³-hybridized carbons (Fsp3) is 0.464. The van der Waals surface area contributed by atoms with E-state index in [2.05, 4.69) is 6.92 Å². The lowest BCUT2D eigenvalue weighted by Gasteiger charge is -2.24. The normalized spacial score (nSPS) is 20.4. The fourth-order valence-electron chi connectivity index (χ4n) is 3.92. The zero-order chi connectivity index (χ0) is 24.4. The molecule has 1 fully saturated rings. The molecule has 1 saturated heterocycles. The first-order chi connectivity index (χ1) is 16.4. The Morgan fingerprint density at radius 1 is 1.09 bits per heavy atom. The molecule has 6 nitrogen and oxygen atoms in total. The average molecular weight is 469 g/mol. The van der Waals surface area contributed by atoms with Gasteiger partial charge in [0.05, 0.1) is 32.0 Å². The van der Waals surface area contributed by atoms with E-state index >= 15 is 0 Å². The van der Waals surface area contributed by atoms with Crippen molar-refractivity contribution < 1.29 is 28.5 Å². The van der Waals surface area contributed by atoms with Gasteiger partial charge in [-0.25, -0.2) is 4.79 Å². The van der Waals surface area contributed by atoms with Crippen LogP contribution < -0.4 is 4.74 Å². The molecule has 34 heavy (non-hydrogen) atoms. The standard InChI is InChI=1S/C28H36O6/c1-5-11-25-26(34-28(2,3)33-25)24(32-27(29)22-12-7-6-8-13-22)14-9-10-19-31-20-21-15-17-23(30-4)18-16-21/h6-9,12-18,24-26H,5,10-11,19-20H2,1-4H3/b14-9-/t24?,25-,26+/m0/s1. The molecule has 6 heteroatoms. The second kappa shape index (κ2) is 12.7. The summed E-state index contributed by atoms with van der Waals surface area (Å²) in [6, 6.07) is 16.8. The fourth-order valence-corrected chi connectivity index (χ4v) is 3.92. The molecule has 2 aromatic rings. The van der Waals surface area contributed by atoms with Crippen LogP contribution in [0.2, 0.25) is 0 Å². The minimum atomic E-state index is -0.725. The van der Waals surface area contributed by atoms with Crippen LogP contribution in [0.3, 0.4) is 0 Å². The third kappa shape index (κ3) is 7.69. The van der Waals surface area contributed by atoms with Gasteiger partial charge in [0.1, 0.15) is 18.0 Å². The van der Waals surface area contributed by atoms with Crippen molar-refractivity contribution in [1.82, 2.24) is 0 Å². The van der Waals surface area contributed by atoms with E-state index in [-0.39, 0.29) is 18.2 Å². The van der Waals surface area contributed by atoms with E-state index in [1.54, 1.807) is 19.2 Å². The van der Waals surface area contributed by atoms with Crippen LogP contribution in [-0.4, -0.2) is 43.8 Å². The molecule has 0 amide bonds. The summed E-state index contributed by atoms with van der Waals surface area (Å²) in [5, 5.41) is 0. The number of carbonyl (C=O) groups excluding carboxylic acids is 1. The zero-order valence-electron chi connectivity index (χ0n) is 20.6. The van der Waals surface area contributed by atoms with Gasteiger partial charge >= 0.3 is 5.97 Å². The summed E-state index contributed by atoms with van der Waals surface area (Å²) in [4.78, 5) is 12.8. The van der Waals surface area contributed by atoms with Crippen molar-refractivity contribution in [3.05, 3.63) is 77.9 Å². The number of methoxy groups -OCH3 is 1. The van der Waals surface area contributed by atoms with E-state index in [0.29, 0.717) is 25.2 Å². The molecule has 3 rings (SSSR count). The quantitative estimate of drug-likeness (QED) is 0.226. The SMILES string of the molecule is CCC[C@@H]1OC(C)(C)O[C@@H]1C(/C=C\CCOCc1ccc(OC)cc1)OC(=O)c1ccccc1. The number of hydrogen-bond acceptors (Lipinski definition) is 6. The van der Waals surface area contributed by atoms with Gasteiger partial charge in [-0.15, -0.1) is 0 Å². The van der Waals surface area contributed by atoms with Gasteiger partial charge in [-0.3, -0.25) is 0 Å². The van der Waals surface area contributed by atoms with Crippen molar-refractivity contribution >= 4 is 5.97 Å². The Hall–Kier alpha value is -2.67. The lowest BCUT2D eigenvalue weighted by Crippen LogP contribution is -2.37. The molecule has 0 aromatic heterocycles. The van der Waals surface area contributed by atoms with E-state index in [9.17, 15) is 4.79 Å². The Morgan fingerprint density at radius 3 is 2.50 bits per heavy atom. The summed E-state index contributed by atoms with van der Waals surface area (Å²) in [5.41, 5.74) is 1.59. The molecule has 0 saturated carbocycles. The van der Waals surface area contributed by atoms with Crippen LogP contribution in [0, 0.1) is 0 Å². The second-order valence-corrected chi connectivity index (χ2v) is 8.78. The monoisotopic (exact) mass is 468 g/mol. The molecular formula is C28H36O6. The highest BCUT2D eigenvalue weighted by atomic mass is 16.8. The Labute approximate surface area is 202 Å². The smallest absolute Gasteiger partial charge is 0.338 e. The molecule has 0 N–H and O–H groups in total. The number of ether oxygens (including phenoxy) is 5. The first-order valence-corrected chi connectivity index (χ1v) is 11.9. The molecule has 0 bridgehead atoms. The van der Waals surface area contributed by atoms with Crippen LogP contribution in [0.4, 0.5) is 0 Å². The topological polar surface area (TPSA) is 63.2 Å². The summed E-state index contributed by atoms with van der Waals surface area (Å²) < 4.78 is 29.1. The third-order valence-corrected chi connectivity index (χ3v) is 5.55. The lowest BCUT2D eigenvalue weighted by molar-refractivity contribution is -0.153. The summed E-state index contributed by atoms with van der Waals surface area (Å²) in [6.45, 7) is 6.96. The molecule has 1 aliphatic heterocycles. The predicted molar refractivity (Wildman–Crippen MR) is 131 cm³/mol. The number of benzene rings is 2. The highest BCUT2D eigenvalue weighted by molar-refractivity contribution is 5.89. The maximum absolute atomic E-state index is 12.8. The molecule has 1 heterocycles. The Balaban J connectivity index is 1.60. The van der Waals surface area contributed by atoms with Crippen LogP contribution in [0.5, 0.6) is 5.75 Å². The van der Waals surface area contributed by atoms with Crippen molar-refractivity contribution in [3.8, 4) is 5.75 Å². The summed E-state index contributed by atoms with van der Waals surface area (Å²) in [6.07, 6.45) is 5.25. The van der Waals surface area contributed by atoms with Gasteiger partial charge in [-0.1, -0.05) is 49.8 Å². The zero-order valence-corrected chi connectivity index (χ0v) is 20.6. The van der Waals surface area contributed by atoms with Crippen molar-refractivity contribution in [2.45, 2.75) is 70.7 Å². The molecule has 0 spiro atoms. The van der Waals surface area contributed by atoms with E-state index in [1.807, 2.05) is 68.5 Å².